The van der Waals surface area contributed by atoms with Crippen LogP contribution in [0.25, 0.3) is 0 Å². The highest BCUT2D eigenvalue weighted by atomic mass is 16.8. The number of hydrogen-bond donors (Lipinski definition) is 0. The van der Waals surface area contributed by atoms with Crippen molar-refractivity contribution < 1.29 is 105 Å². The van der Waals surface area contributed by atoms with Crippen molar-refractivity contribution in [1.29, 1.82) is 0 Å². The Bertz CT molecular complexity index is 1640. The van der Waals surface area contributed by atoms with Crippen molar-refractivity contribution in [3.63, 3.8) is 0 Å². The minimum atomic E-state index is -1.93. The molecular formula is C48H72O22. The number of esters is 10. The highest BCUT2D eigenvalue weighted by molar-refractivity contribution is 5.91. The molecule has 2 aliphatic heterocycles. The Kier molecular flexibility index (Phi) is 28.5. The SMILES string of the molecule is CCCC(=O)OC[C@H]1O[C@H](OC(=O)/C=C/C(=O)O[C@H]2O[C@H](COC(=O)CCC)[C@@H](OC(=O)CCC)[C@H](OC(=O)CCC)[C@H]2OC(=O)CCC)[C@H](OC(=O)CCC)[C@@H](OC(=O)CCC)[C@@H]1OC(=O)CCC. The molecule has 2 rings (SSSR count). The molecule has 0 aliphatic carbocycles. The van der Waals surface area contributed by atoms with Crippen molar-refractivity contribution in [3.8, 4) is 0 Å². The molecule has 0 saturated carbocycles. The Balaban J connectivity index is 2.63. The van der Waals surface area contributed by atoms with Crippen LogP contribution in [0.1, 0.15) is 158 Å². The second kappa shape index (κ2) is 33.0. The van der Waals surface area contributed by atoms with Crippen LogP contribution in [0.15, 0.2) is 12.2 Å². The van der Waals surface area contributed by atoms with Gasteiger partial charge in [0.1, 0.15) is 25.4 Å². The smallest absolute Gasteiger partial charge is 0.333 e. The summed E-state index contributed by atoms with van der Waals surface area (Å²) in [7, 11) is 0. The molecule has 2 fully saturated rings. The third kappa shape index (κ3) is 21.2. The minimum Gasteiger partial charge on any atom is -0.463 e. The first-order valence-electron chi connectivity index (χ1n) is 24.4. The van der Waals surface area contributed by atoms with Crippen molar-refractivity contribution in [3.05, 3.63) is 12.2 Å². The first-order chi connectivity index (χ1) is 33.5. The second-order valence-electron chi connectivity index (χ2n) is 16.4. The molecule has 0 aromatic carbocycles. The van der Waals surface area contributed by atoms with Gasteiger partial charge in [0.05, 0.1) is 0 Å². The van der Waals surface area contributed by atoms with Crippen molar-refractivity contribution in [1.82, 2.24) is 0 Å². The van der Waals surface area contributed by atoms with E-state index in [1.165, 1.54) is 0 Å². The molecule has 0 radical (unpaired) electrons. The fourth-order valence-corrected chi connectivity index (χ4v) is 6.85. The average Bonchev–Trinajstić information content (AvgIpc) is 3.29. The minimum absolute atomic E-state index is 0.0109. The Morgan fingerprint density at radius 3 is 0.800 bits per heavy atom. The van der Waals surface area contributed by atoms with Crippen molar-refractivity contribution in [2.45, 2.75) is 220 Å². The van der Waals surface area contributed by atoms with Crippen LogP contribution in [0.2, 0.25) is 0 Å². The predicted molar refractivity (Wildman–Crippen MR) is 239 cm³/mol. The van der Waals surface area contributed by atoms with E-state index >= 15 is 0 Å². The molecule has 0 amide bonds. The molecule has 0 aromatic rings. The molecule has 22 nitrogen and oxygen atoms in total. The monoisotopic (exact) mass is 1000 g/mol. The Morgan fingerprint density at radius 1 is 0.314 bits per heavy atom. The van der Waals surface area contributed by atoms with Gasteiger partial charge in [-0.3, -0.25) is 38.4 Å². The van der Waals surface area contributed by atoms with Crippen LogP contribution >= 0.6 is 0 Å². The van der Waals surface area contributed by atoms with Crippen LogP contribution in [-0.2, 0) is 105 Å². The third-order valence-electron chi connectivity index (χ3n) is 10.1. The van der Waals surface area contributed by atoms with Gasteiger partial charge in [-0.05, 0) is 51.4 Å². The molecule has 0 N–H and O–H groups in total. The third-order valence-corrected chi connectivity index (χ3v) is 10.1. The number of carbonyl (C=O) groups excluding carboxylic acids is 10. The van der Waals surface area contributed by atoms with Gasteiger partial charge < -0.3 is 56.8 Å². The highest BCUT2D eigenvalue weighted by Gasteiger charge is 2.56. The highest BCUT2D eigenvalue weighted by Crippen LogP contribution is 2.33. The summed E-state index contributed by atoms with van der Waals surface area (Å²) in [5, 5.41) is 0. The summed E-state index contributed by atoms with van der Waals surface area (Å²) in [4.78, 5) is 130. The maximum atomic E-state index is 13.6. The zero-order valence-electron chi connectivity index (χ0n) is 41.6. The van der Waals surface area contributed by atoms with Gasteiger partial charge in [-0.2, -0.15) is 0 Å². The van der Waals surface area contributed by atoms with E-state index in [0.29, 0.717) is 63.5 Å². The largest absolute Gasteiger partial charge is 0.463 e. The average molecular weight is 1000 g/mol. The molecule has 0 aromatic heterocycles. The second-order valence-corrected chi connectivity index (χ2v) is 16.4. The summed E-state index contributed by atoms with van der Waals surface area (Å²) < 4.78 is 68.2. The van der Waals surface area contributed by atoms with Gasteiger partial charge in [0.25, 0.3) is 0 Å². The van der Waals surface area contributed by atoms with E-state index in [9.17, 15) is 47.9 Å². The lowest BCUT2D eigenvalue weighted by Gasteiger charge is -2.44. The van der Waals surface area contributed by atoms with E-state index in [4.69, 9.17) is 56.8 Å². The molecule has 10 atom stereocenters. The summed E-state index contributed by atoms with van der Waals surface area (Å²) in [6, 6.07) is 0. The van der Waals surface area contributed by atoms with Crippen LogP contribution in [0.3, 0.4) is 0 Å². The fraction of sp³-hybridized carbons (Fsp3) is 0.750. The summed E-state index contributed by atoms with van der Waals surface area (Å²) in [5.74, 6) is -8.72. The Morgan fingerprint density at radius 2 is 0.543 bits per heavy atom. The van der Waals surface area contributed by atoms with Crippen LogP contribution in [0.4, 0.5) is 0 Å². The van der Waals surface area contributed by atoms with Crippen LogP contribution in [0, 0.1) is 0 Å². The molecule has 2 aliphatic rings. The number of ether oxygens (including phenoxy) is 12. The normalized spacial score (nSPS) is 24.0. The predicted octanol–water partition coefficient (Wildman–Crippen LogP) is 5.04. The quantitative estimate of drug-likeness (QED) is 0.0518. The van der Waals surface area contributed by atoms with Crippen LogP contribution in [-0.4, -0.2) is 134 Å². The van der Waals surface area contributed by atoms with E-state index in [1.807, 2.05) is 0 Å². The lowest BCUT2D eigenvalue weighted by Crippen LogP contribution is -2.63. The molecule has 0 unspecified atom stereocenters. The first kappa shape index (κ1) is 60.5. The molecule has 22 heteroatoms. The van der Waals surface area contributed by atoms with Crippen LogP contribution in [0.5, 0.6) is 0 Å². The topological polar surface area (TPSA) is 281 Å². The Labute approximate surface area is 408 Å². The lowest BCUT2D eigenvalue weighted by molar-refractivity contribution is -0.300. The lowest BCUT2D eigenvalue weighted by atomic mass is 9.97. The van der Waals surface area contributed by atoms with Gasteiger partial charge in [-0.15, -0.1) is 0 Å². The maximum absolute atomic E-state index is 13.6. The summed E-state index contributed by atoms with van der Waals surface area (Å²) in [6.07, 6.45) is -13.3. The van der Waals surface area contributed by atoms with Gasteiger partial charge in [-0.25, -0.2) is 9.59 Å². The number of rotatable bonds is 30. The fourth-order valence-electron chi connectivity index (χ4n) is 6.85. The molecule has 2 saturated heterocycles. The molecule has 0 bridgehead atoms. The summed E-state index contributed by atoms with van der Waals surface area (Å²) >= 11 is 0. The van der Waals surface area contributed by atoms with E-state index in [1.54, 1.807) is 55.4 Å². The van der Waals surface area contributed by atoms with Gasteiger partial charge in [-0.1, -0.05) is 55.4 Å². The van der Waals surface area contributed by atoms with Gasteiger partial charge >= 0.3 is 59.7 Å². The summed E-state index contributed by atoms with van der Waals surface area (Å²) in [6.45, 7) is 12.5. The van der Waals surface area contributed by atoms with Crippen molar-refractivity contribution in [2.24, 2.45) is 0 Å². The van der Waals surface area contributed by atoms with Crippen LogP contribution < -0.4 is 0 Å². The molecule has 2 heterocycles. The standard InChI is InChI=1S/C48H72O22/c1-9-17-31(49)59-27-29-41(63-33(51)19-11-3)43(65-35(53)21-13-5)45(67-37(55)23-15-7)47(61-29)69-39(57)25-26-40(58)70-48-46(68-38(56)24-16-8)44(66-36(54)22-14-6)42(64-34(52)20-12-4)30(62-48)28-60-32(50)18-10-2/h25-26,29-30,41-48H,9-24,27-28H2,1-8H3/b26-25+/t29-,30-,41-,42-,43+,44+,45-,46-,47-,48-/m1/s1. The number of carbonyl (C=O) groups is 10. The van der Waals surface area contributed by atoms with Gasteiger partial charge in [0.2, 0.25) is 24.8 Å². The number of hydrogen-bond acceptors (Lipinski definition) is 22. The van der Waals surface area contributed by atoms with Crippen molar-refractivity contribution in [2.75, 3.05) is 13.2 Å². The van der Waals surface area contributed by atoms with E-state index < -0.39 is 134 Å². The van der Waals surface area contributed by atoms with E-state index in [2.05, 4.69) is 0 Å². The molecule has 0 spiro atoms. The molecule has 70 heavy (non-hydrogen) atoms. The zero-order valence-corrected chi connectivity index (χ0v) is 41.6. The molecular weight excluding hydrogens is 929 g/mol. The van der Waals surface area contributed by atoms with E-state index in [0.717, 1.165) is 0 Å². The maximum Gasteiger partial charge on any atom is 0.333 e. The summed E-state index contributed by atoms with van der Waals surface area (Å²) in [5.41, 5.74) is 0. The van der Waals surface area contributed by atoms with Gasteiger partial charge in [0.15, 0.2) is 24.4 Å². The Hall–Kier alpha value is -5.64. The van der Waals surface area contributed by atoms with E-state index in [-0.39, 0.29) is 51.4 Å². The zero-order chi connectivity index (χ0) is 52.2. The first-order valence-corrected chi connectivity index (χ1v) is 24.4. The van der Waals surface area contributed by atoms with Crippen molar-refractivity contribution >= 4 is 59.7 Å². The molecule has 396 valence electrons. The van der Waals surface area contributed by atoms with Gasteiger partial charge in [0, 0.05) is 63.5 Å².